The number of hydrogen-bond acceptors (Lipinski definition) is 3. The highest BCUT2D eigenvalue weighted by atomic mass is 16.3. The summed E-state index contributed by atoms with van der Waals surface area (Å²) < 4.78 is 1.69. The lowest BCUT2D eigenvalue weighted by molar-refractivity contribution is -0.530. The van der Waals surface area contributed by atoms with E-state index in [9.17, 15) is 5.11 Å². The first-order valence-electron chi connectivity index (χ1n) is 3.35. The van der Waals surface area contributed by atoms with Crippen LogP contribution in [0.1, 0.15) is 6.92 Å². The van der Waals surface area contributed by atoms with Crippen molar-refractivity contribution in [2.45, 2.75) is 12.6 Å². The third kappa shape index (κ3) is 1.01. The van der Waals surface area contributed by atoms with Crippen LogP contribution in [0.25, 0.3) is 0 Å². The van der Waals surface area contributed by atoms with Gasteiger partial charge in [-0.05, 0) is 0 Å². The molecule has 2 heterocycles. The fourth-order valence-corrected chi connectivity index (χ4v) is 1.06. The van der Waals surface area contributed by atoms with E-state index in [4.69, 9.17) is 0 Å². The van der Waals surface area contributed by atoms with Gasteiger partial charge in [0.2, 0.25) is 0 Å². The van der Waals surface area contributed by atoms with Gasteiger partial charge in [0.25, 0.3) is 5.72 Å². The van der Waals surface area contributed by atoms with Gasteiger partial charge in [0, 0.05) is 13.0 Å². The molecule has 1 N–H and O–H groups in total. The lowest BCUT2D eigenvalue weighted by Crippen LogP contribution is -2.36. The van der Waals surface area contributed by atoms with Crippen LogP contribution in [0.2, 0.25) is 0 Å². The van der Waals surface area contributed by atoms with Gasteiger partial charge in [0.1, 0.15) is 12.4 Å². The van der Waals surface area contributed by atoms with Crippen molar-refractivity contribution in [3.8, 4) is 0 Å². The van der Waals surface area contributed by atoms with Crippen LogP contribution in [0.3, 0.4) is 0 Å². The Balaban J connectivity index is 2.81. The Morgan fingerprint density at radius 1 is 1.64 bits per heavy atom. The average molecular weight is 150 g/mol. The zero-order chi connectivity index (χ0) is 7.90. The summed E-state index contributed by atoms with van der Waals surface area (Å²) in [7, 11) is 0. The van der Waals surface area contributed by atoms with E-state index in [2.05, 4.69) is 9.98 Å². The van der Waals surface area contributed by atoms with Crippen molar-refractivity contribution in [1.29, 1.82) is 0 Å². The van der Waals surface area contributed by atoms with E-state index in [1.54, 1.807) is 35.8 Å². The Morgan fingerprint density at radius 2 is 2.45 bits per heavy atom. The number of aliphatic hydroxyl groups is 1. The van der Waals surface area contributed by atoms with Crippen molar-refractivity contribution < 1.29 is 9.35 Å². The third-order valence-electron chi connectivity index (χ3n) is 1.46. The van der Waals surface area contributed by atoms with E-state index in [1.165, 1.54) is 0 Å². The molecule has 4 heteroatoms. The maximum absolute atomic E-state index is 9.43. The van der Waals surface area contributed by atoms with Crippen LogP contribution in [0.4, 0.5) is 0 Å². The molecular weight excluding hydrogens is 142 g/mol. The number of hydrogen-bond donors (Lipinski definition) is 1. The summed E-state index contributed by atoms with van der Waals surface area (Å²) in [6.45, 7) is 1.61. The maximum Gasteiger partial charge on any atom is 0.435 e. The monoisotopic (exact) mass is 150 g/mol. The largest absolute Gasteiger partial charge is 0.435 e. The van der Waals surface area contributed by atoms with Crippen molar-refractivity contribution in [3.05, 3.63) is 30.3 Å². The van der Waals surface area contributed by atoms with Crippen LogP contribution in [-0.2, 0) is 0 Å². The van der Waals surface area contributed by atoms with Gasteiger partial charge in [-0.2, -0.15) is 0 Å². The molecule has 4 nitrogen and oxygen atoms in total. The quantitative estimate of drug-likeness (QED) is 0.468. The molecule has 1 aliphatic heterocycles. The number of aromatic nitrogens is 2. The normalized spacial score (nSPS) is 27.1. The minimum absolute atomic E-state index is 0.539. The molecular formula is C7H8N3O+. The topological polar surface area (TPSA) is 51.4 Å². The first-order chi connectivity index (χ1) is 5.17. The highest BCUT2D eigenvalue weighted by Crippen LogP contribution is 2.02. The van der Waals surface area contributed by atoms with Crippen LogP contribution in [0, 0.1) is 6.21 Å². The molecule has 0 amide bonds. The van der Waals surface area contributed by atoms with Crippen molar-refractivity contribution in [2.75, 3.05) is 0 Å². The second-order valence-corrected chi connectivity index (χ2v) is 2.66. The summed E-state index contributed by atoms with van der Waals surface area (Å²) in [6.07, 6.45) is 5.05. The summed E-state index contributed by atoms with van der Waals surface area (Å²) in [6, 6.07) is 1.79. The lowest BCUT2D eigenvalue weighted by Gasteiger charge is -1.97. The highest BCUT2D eigenvalue weighted by Gasteiger charge is 2.27. The van der Waals surface area contributed by atoms with E-state index in [1.807, 2.05) is 0 Å². The first-order valence-corrected chi connectivity index (χ1v) is 3.35. The Bertz CT molecular complexity index is 359. The number of nitrogens with zero attached hydrogens (tertiary/aromatic N) is 3. The second kappa shape index (κ2) is 1.85. The van der Waals surface area contributed by atoms with Gasteiger partial charge in [0.15, 0.2) is 0 Å². The zero-order valence-corrected chi connectivity index (χ0v) is 6.10. The van der Waals surface area contributed by atoms with Crippen LogP contribution < -0.4 is 9.86 Å². The van der Waals surface area contributed by atoms with E-state index < -0.39 is 5.72 Å². The molecule has 1 aromatic rings. The first kappa shape index (κ1) is 6.42. The van der Waals surface area contributed by atoms with Crippen molar-refractivity contribution in [1.82, 2.24) is 4.98 Å². The summed E-state index contributed by atoms with van der Waals surface area (Å²) in [5.41, 5.74) is -0.557. The van der Waals surface area contributed by atoms with Crippen LogP contribution in [0.15, 0.2) is 23.5 Å². The minimum Gasteiger partial charge on any atom is -0.351 e. The smallest absolute Gasteiger partial charge is 0.351 e. The molecule has 1 aromatic heterocycles. The number of fused-ring (bicyclic) bond motifs is 1. The van der Waals surface area contributed by atoms with E-state index >= 15 is 0 Å². The molecule has 0 saturated heterocycles. The van der Waals surface area contributed by atoms with Crippen molar-refractivity contribution in [3.63, 3.8) is 0 Å². The van der Waals surface area contributed by atoms with Crippen molar-refractivity contribution >= 4 is 0 Å². The summed E-state index contributed by atoms with van der Waals surface area (Å²) in [4.78, 5) is 7.90. The molecule has 1 atom stereocenters. The molecule has 1 aliphatic rings. The molecule has 0 spiro atoms. The predicted octanol–water partition coefficient (Wildman–Crippen LogP) is -1.28. The second-order valence-electron chi connectivity index (χ2n) is 2.66. The SMILES string of the molecule is C[C@@]1(O)C=[n+]2cccnc2=N1. The van der Waals surface area contributed by atoms with Crippen LogP contribution in [0.5, 0.6) is 0 Å². The molecule has 0 fully saturated rings. The highest BCUT2D eigenvalue weighted by molar-refractivity contribution is 4.80. The van der Waals surface area contributed by atoms with E-state index in [-0.39, 0.29) is 0 Å². The maximum atomic E-state index is 9.43. The van der Waals surface area contributed by atoms with Crippen LogP contribution in [-0.4, -0.2) is 15.8 Å². The van der Waals surface area contributed by atoms with Crippen molar-refractivity contribution in [2.24, 2.45) is 4.99 Å². The minimum atomic E-state index is -1.10. The fraction of sp³-hybridized carbons (Fsp3) is 0.286. The molecule has 0 unspecified atom stereocenters. The standard InChI is InChI=1S/C7H8N3O/c1-7(11)5-10-4-2-3-8-6(10)9-7/h2-5,11H,1H3/q+1/t7-/m1/s1. The molecule has 0 aliphatic carbocycles. The van der Waals surface area contributed by atoms with Crippen LogP contribution >= 0.6 is 0 Å². The Hall–Kier alpha value is -1.29. The Morgan fingerprint density at radius 3 is 3.18 bits per heavy atom. The summed E-state index contributed by atoms with van der Waals surface area (Å²) in [5.74, 6) is 0. The van der Waals surface area contributed by atoms with Gasteiger partial charge in [0.05, 0.1) is 6.20 Å². The van der Waals surface area contributed by atoms with Gasteiger partial charge in [-0.25, -0.2) is 4.24 Å². The molecule has 0 radical (unpaired) electrons. The Labute approximate surface area is 63.2 Å². The number of rotatable bonds is 0. The average Bonchev–Trinajstić information content (AvgIpc) is 2.21. The molecule has 0 aromatic carbocycles. The van der Waals surface area contributed by atoms with E-state index in [0.29, 0.717) is 5.62 Å². The van der Waals surface area contributed by atoms with Gasteiger partial charge < -0.3 is 5.11 Å². The van der Waals surface area contributed by atoms with Gasteiger partial charge >= 0.3 is 5.62 Å². The van der Waals surface area contributed by atoms with Gasteiger partial charge in [-0.1, -0.05) is 9.98 Å². The molecule has 56 valence electrons. The zero-order valence-electron chi connectivity index (χ0n) is 6.10. The molecule has 0 bridgehead atoms. The Kier molecular flexibility index (Phi) is 1.08. The lowest BCUT2D eigenvalue weighted by atomic mass is 10.3. The molecule has 0 saturated carbocycles. The van der Waals surface area contributed by atoms with E-state index in [0.717, 1.165) is 0 Å². The third-order valence-corrected chi connectivity index (χ3v) is 1.46. The van der Waals surface area contributed by atoms with Gasteiger partial charge in [-0.3, -0.25) is 0 Å². The molecule has 2 rings (SSSR count). The summed E-state index contributed by atoms with van der Waals surface area (Å²) >= 11 is 0. The summed E-state index contributed by atoms with van der Waals surface area (Å²) in [5, 5.41) is 9.43. The molecule has 11 heavy (non-hydrogen) atoms. The fourth-order valence-electron chi connectivity index (χ4n) is 1.06. The van der Waals surface area contributed by atoms with Gasteiger partial charge in [-0.15, -0.1) is 0 Å². The predicted molar refractivity (Wildman–Crippen MR) is 35.9 cm³/mol.